The first-order chi connectivity index (χ1) is 9.77. The van der Waals surface area contributed by atoms with Crippen molar-refractivity contribution >= 4 is 5.91 Å². The van der Waals surface area contributed by atoms with E-state index in [1.807, 2.05) is 30.3 Å². The van der Waals surface area contributed by atoms with E-state index in [-0.39, 0.29) is 11.6 Å². The van der Waals surface area contributed by atoms with Crippen molar-refractivity contribution in [2.24, 2.45) is 0 Å². The highest BCUT2D eigenvalue weighted by molar-refractivity contribution is 5.94. The zero-order valence-electron chi connectivity index (χ0n) is 10.8. The number of hydroxylamine groups is 2. The summed E-state index contributed by atoms with van der Waals surface area (Å²) in [6.07, 6.45) is 0.713. The highest BCUT2D eigenvalue weighted by Crippen LogP contribution is 2.31. The minimum Gasteiger partial charge on any atom is -0.270 e. The average Bonchev–Trinajstić information content (AvgIpc) is 2.97. The van der Waals surface area contributed by atoms with Gasteiger partial charge in [0.15, 0.2) is 0 Å². The van der Waals surface area contributed by atoms with Crippen molar-refractivity contribution in [1.29, 1.82) is 0 Å². The van der Waals surface area contributed by atoms with Gasteiger partial charge in [0.1, 0.15) is 5.82 Å². The van der Waals surface area contributed by atoms with Crippen LogP contribution in [0.25, 0.3) is 0 Å². The molecule has 1 amide bonds. The maximum absolute atomic E-state index is 13.7. The van der Waals surface area contributed by atoms with Gasteiger partial charge in [-0.15, -0.1) is 0 Å². The predicted octanol–water partition coefficient (Wildman–Crippen LogP) is 3.34. The highest BCUT2D eigenvalue weighted by Gasteiger charge is 2.33. The van der Waals surface area contributed by atoms with Crippen molar-refractivity contribution in [3.05, 3.63) is 71.5 Å². The van der Waals surface area contributed by atoms with Crippen LogP contribution in [0.4, 0.5) is 4.39 Å². The predicted molar refractivity (Wildman–Crippen MR) is 72.3 cm³/mol. The second-order valence-electron chi connectivity index (χ2n) is 4.66. The molecule has 0 bridgehead atoms. The number of hydrogen-bond donors (Lipinski definition) is 0. The van der Waals surface area contributed by atoms with E-state index < -0.39 is 11.7 Å². The zero-order valence-corrected chi connectivity index (χ0v) is 10.8. The Morgan fingerprint density at radius 1 is 1.10 bits per heavy atom. The molecule has 0 saturated carbocycles. The van der Waals surface area contributed by atoms with Gasteiger partial charge in [0, 0.05) is 6.42 Å². The molecule has 4 heteroatoms. The summed E-state index contributed by atoms with van der Waals surface area (Å²) in [4.78, 5) is 17.8. The normalized spacial score (nSPS) is 18.2. The third kappa shape index (κ3) is 2.30. The maximum atomic E-state index is 13.7. The van der Waals surface area contributed by atoms with Gasteiger partial charge < -0.3 is 0 Å². The lowest BCUT2D eigenvalue weighted by molar-refractivity contribution is -0.0967. The molecule has 0 N–H and O–H groups in total. The molecule has 1 fully saturated rings. The second kappa shape index (κ2) is 5.43. The Hall–Kier alpha value is -2.20. The summed E-state index contributed by atoms with van der Waals surface area (Å²) in [5, 5.41) is 1.29. The van der Waals surface area contributed by atoms with Crippen molar-refractivity contribution in [2.45, 2.75) is 12.5 Å². The summed E-state index contributed by atoms with van der Waals surface area (Å²) in [6, 6.07) is 15.4. The topological polar surface area (TPSA) is 29.5 Å². The van der Waals surface area contributed by atoms with E-state index in [4.69, 9.17) is 4.84 Å². The van der Waals surface area contributed by atoms with Crippen LogP contribution < -0.4 is 0 Å². The van der Waals surface area contributed by atoms with E-state index >= 15 is 0 Å². The first kappa shape index (κ1) is 12.8. The average molecular weight is 271 g/mol. The Balaban J connectivity index is 1.90. The van der Waals surface area contributed by atoms with Crippen LogP contribution >= 0.6 is 0 Å². The van der Waals surface area contributed by atoms with E-state index in [1.54, 1.807) is 12.1 Å². The van der Waals surface area contributed by atoms with E-state index in [9.17, 15) is 9.18 Å². The van der Waals surface area contributed by atoms with Crippen molar-refractivity contribution in [3.63, 3.8) is 0 Å². The lowest BCUT2D eigenvalue weighted by Crippen LogP contribution is -2.30. The monoisotopic (exact) mass is 271 g/mol. The molecule has 20 heavy (non-hydrogen) atoms. The van der Waals surface area contributed by atoms with Crippen LogP contribution in [0.5, 0.6) is 0 Å². The molecule has 0 aromatic heterocycles. The Morgan fingerprint density at radius 3 is 2.55 bits per heavy atom. The van der Waals surface area contributed by atoms with Gasteiger partial charge in [0.25, 0.3) is 5.91 Å². The Kier molecular flexibility index (Phi) is 3.48. The molecule has 3 rings (SSSR count). The maximum Gasteiger partial charge on any atom is 0.280 e. The van der Waals surface area contributed by atoms with Gasteiger partial charge in [-0.2, -0.15) is 0 Å². The standard InChI is InChI=1S/C16H14FNO2/c17-14-9-5-4-8-13(14)16(19)18-15(10-11-20-18)12-6-2-1-3-7-12/h1-9,15H,10-11H2/t15-/m0/s1. The molecule has 0 radical (unpaired) electrons. The van der Waals surface area contributed by atoms with Gasteiger partial charge >= 0.3 is 0 Å². The molecule has 2 aromatic carbocycles. The number of rotatable bonds is 2. The van der Waals surface area contributed by atoms with E-state index in [2.05, 4.69) is 0 Å². The number of carbonyl (C=O) groups excluding carboxylic acids is 1. The Morgan fingerprint density at radius 2 is 1.80 bits per heavy atom. The zero-order chi connectivity index (χ0) is 13.9. The van der Waals surface area contributed by atoms with E-state index in [1.165, 1.54) is 17.2 Å². The van der Waals surface area contributed by atoms with E-state index in [0.29, 0.717) is 13.0 Å². The van der Waals surface area contributed by atoms with Crippen molar-refractivity contribution in [1.82, 2.24) is 5.06 Å². The molecule has 2 aromatic rings. The third-order valence-electron chi connectivity index (χ3n) is 3.39. The number of benzene rings is 2. The molecule has 1 aliphatic rings. The van der Waals surface area contributed by atoms with Gasteiger partial charge in [-0.1, -0.05) is 42.5 Å². The number of amides is 1. The summed E-state index contributed by atoms with van der Waals surface area (Å²) in [7, 11) is 0. The van der Waals surface area contributed by atoms with Crippen molar-refractivity contribution < 1.29 is 14.0 Å². The molecule has 1 atom stereocenters. The largest absolute Gasteiger partial charge is 0.280 e. The van der Waals surface area contributed by atoms with Gasteiger partial charge in [0.05, 0.1) is 18.2 Å². The van der Waals surface area contributed by atoms with Crippen LogP contribution in [0.2, 0.25) is 0 Å². The summed E-state index contributed by atoms with van der Waals surface area (Å²) in [6.45, 7) is 0.458. The van der Waals surface area contributed by atoms with Gasteiger partial charge in [-0.3, -0.25) is 9.63 Å². The number of carbonyl (C=O) groups is 1. The minimum atomic E-state index is -0.528. The molecule has 3 nitrogen and oxygen atoms in total. The lowest BCUT2D eigenvalue weighted by atomic mass is 10.0. The fourth-order valence-corrected chi connectivity index (χ4v) is 2.40. The second-order valence-corrected chi connectivity index (χ2v) is 4.66. The molecular formula is C16H14FNO2. The van der Waals surface area contributed by atoms with Gasteiger partial charge in [0.2, 0.25) is 0 Å². The molecule has 102 valence electrons. The molecule has 1 saturated heterocycles. The Bertz CT molecular complexity index is 615. The SMILES string of the molecule is O=C(c1ccccc1F)N1OCC[C@H]1c1ccccc1. The number of nitrogens with zero attached hydrogens (tertiary/aromatic N) is 1. The molecule has 0 aliphatic carbocycles. The number of halogens is 1. The molecular weight excluding hydrogens is 257 g/mol. The molecule has 1 aliphatic heterocycles. The summed E-state index contributed by atoms with van der Waals surface area (Å²) < 4.78 is 13.7. The van der Waals surface area contributed by atoms with Crippen LogP contribution in [0.15, 0.2) is 54.6 Å². The van der Waals surface area contributed by atoms with Crippen LogP contribution in [0.1, 0.15) is 28.4 Å². The van der Waals surface area contributed by atoms with Gasteiger partial charge in [-0.05, 0) is 17.7 Å². The fourth-order valence-electron chi connectivity index (χ4n) is 2.40. The summed E-state index contributed by atoms with van der Waals surface area (Å²) >= 11 is 0. The molecule has 1 heterocycles. The van der Waals surface area contributed by atoms with Crippen molar-refractivity contribution in [3.8, 4) is 0 Å². The molecule has 0 unspecified atom stereocenters. The van der Waals surface area contributed by atoms with E-state index in [0.717, 1.165) is 5.56 Å². The fraction of sp³-hybridized carbons (Fsp3) is 0.188. The molecule has 0 spiro atoms. The highest BCUT2D eigenvalue weighted by atomic mass is 19.1. The van der Waals surface area contributed by atoms with Gasteiger partial charge in [-0.25, -0.2) is 9.45 Å². The quantitative estimate of drug-likeness (QED) is 0.838. The smallest absolute Gasteiger partial charge is 0.270 e. The summed E-state index contributed by atoms with van der Waals surface area (Å²) in [5.41, 5.74) is 1.03. The minimum absolute atomic E-state index is 0.0373. The van der Waals surface area contributed by atoms with Crippen LogP contribution in [0.3, 0.4) is 0 Å². The Labute approximate surface area is 116 Å². The third-order valence-corrected chi connectivity index (χ3v) is 3.39. The van der Waals surface area contributed by atoms with Crippen molar-refractivity contribution in [2.75, 3.05) is 6.61 Å². The van der Waals surface area contributed by atoms with Crippen LogP contribution in [-0.2, 0) is 4.84 Å². The first-order valence-corrected chi connectivity index (χ1v) is 6.53. The summed E-state index contributed by atoms with van der Waals surface area (Å²) in [5.74, 6) is -0.964. The van der Waals surface area contributed by atoms with Crippen LogP contribution in [0, 0.1) is 5.82 Å². The lowest BCUT2D eigenvalue weighted by Gasteiger charge is -2.23. The first-order valence-electron chi connectivity index (χ1n) is 6.53. The van der Waals surface area contributed by atoms with Crippen LogP contribution in [-0.4, -0.2) is 17.6 Å². The number of hydrogen-bond acceptors (Lipinski definition) is 2.